The Morgan fingerprint density at radius 3 is 2.52 bits per heavy atom. The second-order valence-corrected chi connectivity index (χ2v) is 8.69. The van der Waals surface area contributed by atoms with E-state index in [9.17, 15) is 22.0 Å². The Morgan fingerprint density at radius 1 is 1.17 bits per heavy atom. The topological polar surface area (TPSA) is 75.7 Å². The van der Waals surface area contributed by atoms with Crippen molar-refractivity contribution >= 4 is 15.9 Å². The molecule has 29 heavy (non-hydrogen) atoms. The number of carbonyl (C=O) groups excluding carboxylic acids is 1. The molecule has 1 saturated heterocycles. The van der Waals surface area contributed by atoms with Gasteiger partial charge < -0.3 is 9.64 Å². The SMILES string of the molecule is CN(Cc1ccc(F)c(F)c1)C(=O)c1ccc(S(=O)(=O)NCC2CCCO2)cc1. The molecule has 0 aromatic heterocycles. The van der Waals surface area contributed by atoms with Crippen LogP contribution in [-0.4, -0.2) is 45.5 Å². The van der Waals surface area contributed by atoms with Gasteiger partial charge in [-0.15, -0.1) is 0 Å². The van der Waals surface area contributed by atoms with E-state index < -0.39 is 21.7 Å². The molecule has 0 spiro atoms. The average Bonchev–Trinajstić information content (AvgIpc) is 3.22. The Bertz CT molecular complexity index is 974. The molecular formula is C20H22F2N2O4S. The van der Waals surface area contributed by atoms with Gasteiger partial charge in [-0.25, -0.2) is 21.9 Å². The highest BCUT2D eigenvalue weighted by Crippen LogP contribution is 2.16. The molecule has 2 aromatic rings. The molecule has 1 atom stereocenters. The number of sulfonamides is 1. The molecule has 0 radical (unpaired) electrons. The van der Waals surface area contributed by atoms with Crippen molar-refractivity contribution in [1.29, 1.82) is 0 Å². The van der Waals surface area contributed by atoms with Gasteiger partial charge in [0.25, 0.3) is 5.91 Å². The zero-order valence-electron chi connectivity index (χ0n) is 15.9. The van der Waals surface area contributed by atoms with Crippen LogP contribution in [0, 0.1) is 11.6 Å². The molecule has 3 rings (SSSR count). The summed E-state index contributed by atoms with van der Waals surface area (Å²) in [5.74, 6) is -2.30. The van der Waals surface area contributed by atoms with Gasteiger partial charge >= 0.3 is 0 Å². The molecule has 1 aliphatic heterocycles. The van der Waals surface area contributed by atoms with Gasteiger partial charge in [0, 0.05) is 32.3 Å². The van der Waals surface area contributed by atoms with E-state index in [1.165, 1.54) is 42.3 Å². The number of halogens is 2. The van der Waals surface area contributed by atoms with Crippen molar-refractivity contribution < 1.29 is 26.7 Å². The number of nitrogens with one attached hydrogen (secondary N) is 1. The van der Waals surface area contributed by atoms with Gasteiger partial charge in [-0.3, -0.25) is 4.79 Å². The average molecular weight is 424 g/mol. The highest BCUT2D eigenvalue weighted by Gasteiger charge is 2.21. The van der Waals surface area contributed by atoms with E-state index in [2.05, 4.69) is 4.72 Å². The molecule has 1 fully saturated rings. The van der Waals surface area contributed by atoms with Crippen molar-refractivity contribution in [3.8, 4) is 0 Å². The van der Waals surface area contributed by atoms with Crippen LogP contribution in [0.4, 0.5) is 8.78 Å². The van der Waals surface area contributed by atoms with Crippen LogP contribution in [0.1, 0.15) is 28.8 Å². The number of benzene rings is 2. The van der Waals surface area contributed by atoms with E-state index in [0.717, 1.165) is 25.0 Å². The molecule has 2 aromatic carbocycles. The Balaban J connectivity index is 1.63. The summed E-state index contributed by atoms with van der Waals surface area (Å²) >= 11 is 0. The highest BCUT2D eigenvalue weighted by atomic mass is 32.2. The zero-order valence-corrected chi connectivity index (χ0v) is 16.7. The Hall–Kier alpha value is -2.36. The third-order valence-corrected chi connectivity index (χ3v) is 6.13. The fourth-order valence-electron chi connectivity index (χ4n) is 3.07. The van der Waals surface area contributed by atoms with Gasteiger partial charge in [0.1, 0.15) is 0 Å². The molecule has 6 nitrogen and oxygen atoms in total. The lowest BCUT2D eigenvalue weighted by molar-refractivity contribution is 0.0785. The number of hydrogen-bond donors (Lipinski definition) is 1. The maximum absolute atomic E-state index is 13.3. The lowest BCUT2D eigenvalue weighted by Crippen LogP contribution is -2.32. The van der Waals surface area contributed by atoms with Crippen molar-refractivity contribution in [2.45, 2.75) is 30.4 Å². The molecule has 0 bridgehead atoms. The number of hydrogen-bond acceptors (Lipinski definition) is 4. The summed E-state index contributed by atoms with van der Waals surface area (Å²) in [7, 11) is -2.17. The first-order valence-electron chi connectivity index (χ1n) is 9.17. The number of nitrogens with zero attached hydrogens (tertiary/aromatic N) is 1. The molecule has 1 unspecified atom stereocenters. The first-order chi connectivity index (χ1) is 13.8. The first-order valence-corrected chi connectivity index (χ1v) is 10.7. The van der Waals surface area contributed by atoms with E-state index in [0.29, 0.717) is 12.2 Å². The van der Waals surface area contributed by atoms with Gasteiger partial charge in [-0.05, 0) is 54.8 Å². The predicted octanol–water partition coefficient (Wildman–Crippen LogP) is 2.69. The molecule has 1 amide bonds. The smallest absolute Gasteiger partial charge is 0.253 e. The third kappa shape index (κ3) is 5.37. The van der Waals surface area contributed by atoms with Crippen LogP contribution in [0.5, 0.6) is 0 Å². The quantitative estimate of drug-likeness (QED) is 0.742. The second-order valence-electron chi connectivity index (χ2n) is 6.92. The molecule has 1 aliphatic rings. The van der Waals surface area contributed by atoms with Gasteiger partial charge in [0.05, 0.1) is 11.0 Å². The summed E-state index contributed by atoms with van der Waals surface area (Å²) in [5.41, 5.74) is 0.727. The van der Waals surface area contributed by atoms with Crippen molar-refractivity contribution in [3.05, 3.63) is 65.2 Å². The predicted molar refractivity (Wildman–Crippen MR) is 103 cm³/mol. The maximum Gasteiger partial charge on any atom is 0.253 e. The Morgan fingerprint density at radius 2 is 1.90 bits per heavy atom. The minimum absolute atomic E-state index is 0.0512. The monoisotopic (exact) mass is 424 g/mol. The molecule has 9 heteroatoms. The van der Waals surface area contributed by atoms with Crippen LogP contribution < -0.4 is 4.72 Å². The summed E-state index contributed by atoms with van der Waals surface area (Å²) in [6.07, 6.45) is 1.62. The third-order valence-electron chi connectivity index (χ3n) is 4.69. The summed E-state index contributed by atoms with van der Waals surface area (Å²) in [5, 5.41) is 0. The molecule has 0 aliphatic carbocycles. The largest absolute Gasteiger partial charge is 0.377 e. The molecular weight excluding hydrogens is 402 g/mol. The van der Waals surface area contributed by atoms with Gasteiger partial charge in [-0.1, -0.05) is 6.07 Å². The minimum atomic E-state index is -3.70. The van der Waals surface area contributed by atoms with Crippen molar-refractivity contribution in [1.82, 2.24) is 9.62 Å². The van der Waals surface area contributed by atoms with E-state index >= 15 is 0 Å². The van der Waals surface area contributed by atoms with E-state index in [-0.39, 0.29) is 35.6 Å². The zero-order chi connectivity index (χ0) is 21.0. The molecule has 0 saturated carbocycles. The summed E-state index contributed by atoms with van der Waals surface area (Å²) in [6, 6.07) is 9.00. The highest BCUT2D eigenvalue weighted by molar-refractivity contribution is 7.89. The standard InChI is InChI=1S/C20H22F2N2O4S/c1-24(13-14-4-9-18(21)19(22)11-14)20(25)15-5-7-17(8-6-15)29(26,27)23-12-16-3-2-10-28-16/h4-9,11,16,23H,2-3,10,12-13H2,1H3. The number of amides is 1. The van der Waals surface area contributed by atoms with Gasteiger partial charge in [-0.2, -0.15) is 0 Å². The summed E-state index contributed by atoms with van der Waals surface area (Å²) in [6.45, 7) is 0.931. The van der Waals surface area contributed by atoms with E-state index in [4.69, 9.17) is 4.74 Å². The Labute approximate surface area is 168 Å². The van der Waals surface area contributed by atoms with Crippen molar-refractivity contribution in [2.24, 2.45) is 0 Å². The van der Waals surface area contributed by atoms with Crippen LogP contribution in [-0.2, 0) is 21.3 Å². The normalized spacial score (nSPS) is 16.7. The van der Waals surface area contributed by atoms with Gasteiger partial charge in [0.2, 0.25) is 10.0 Å². The van der Waals surface area contributed by atoms with Crippen LogP contribution >= 0.6 is 0 Å². The fraction of sp³-hybridized carbons (Fsp3) is 0.350. The van der Waals surface area contributed by atoms with Crippen LogP contribution in [0.15, 0.2) is 47.4 Å². The number of ether oxygens (including phenoxy) is 1. The van der Waals surface area contributed by atoms with Crippen molar-refractivity contribution in [3.63, 3.8) is 0 Å². The van der Waals surface area contributed by atoms with Crippen LogP contribution in [0.25, 0.3) is 0 Å². The number of rotatable bonds is 7. The summed E-state index contributed by atoms with van der Waals surface area (Å²) in [4.78, 5) is 13.9. The second kappa shape index (κ2) is 8.98. The summed E-state index contributed by atoms with van der Waals surface area (Å²) < 4.78 is 59.0. The van der Waals surface area contributed by atoms with Crippen LogP contribution in [0.3, 0.4) is 0 Å². The first kappa shape index (κ1) is 21.4. The van der Waals surface area contributed by atoms with Crippen LogP contribution in [0.2, 0.25) is 0 Å². The maximum atomic E-state index is 13.3. The van der Waals surface area contributed by atoms with E-state index in [1.54, 1.807) is 0 Å². The fourth-order valence-corrected chi connectivity index (χ4v) is 4.14. The molecule has 1 N–H and O–H groups in total. The molecule has 156 valence electrons. The van der Waals surface area contributed by atoms with E-state index in [1.807, 2.05) is 0 Å². The lowest BCUT2D eigenvalue weighted by Gasteiger charge is -2.18. The number of carbonyl (C=O) groups is 1. The van der Waals surface area contributed by atoms with Gasteiger partial charge in [0.15, 0.2) is 11.6 Å². The molecule has 1 heterocycles. The van der Waals surface area contributed by atoms with Crippen molar-refractivity contribution in [2.75, 3.05) is 20.2 Å². The minimum Gasteiger partial charge on any atom is -0.377 e. The lowest BCUT2D eigenvalue weighted by atomic mass is 10.1. The Kier molecular flexibility index (Phi) is 6.61.